The van der Waals surface area contributed by atoms with Gasteiger partial charge in [-0.25, -0.2) is 4.98 Å². The lowest BCUT2D eigenvalue weighted by Crippen LogP contribution is -2.55. The molecular weight excluding hydrogens is 623 g/mol. The van der Waals surface area contributed by atoms with Gasteiger partial charge in [0, 0.05) is 11.3 Å². The summed E-state index contributed by atoms with van der Waals surface area (Å²) in [5.41, 5.74) is 18.7. The van der Waals surface area contributed by atoms with Crippen LogP contribution in [0.4, 0.5) is 0 Å². The van der Waals surface area contributed by atoms with Gasteiger partial charge in [-0.15, -0.1) is 16.4 Å². The summed E-state index contributed by atoms with van der Waals surface area (Å²) in [6.45, 7) is 0. The first-order valence-corrected chi connectivity index (χ1v) is 18.2. The second kappa shape index (κ2) is 12.7. The van der Waals surface area contributed by atoms with Crippen molar-refractivity contribution in [3.05, 3.63) is 152 Å². The number of hydrogen-bond donors (Lipinski definition) is 0. The van der Waals surface area contributed by atoms with E-state index in [1.807, 2.05) is 0 Å². The fraction of sp³-hybridized carbons (Fsp3) is 0. The Morgan fingerprint density at radius 1 is 0.365 bits per heavy atom. The van der Waals surface area contributed by atoms with Crippen LogP contribution in [0, 0.1) is 0 Å². The van der Waals surface area contributed by atoms with Gasteiger partial charge < -0.3 is 0 Å². The molecule has 8 aromatic carbocycles. The number of imidazole rings is 1. The van der Waals surface area contributed by atoms with Crippen molar-refractivity contribution in [2.45, 2.75) is 0 Å². The van der Waals surface area contributed by atoms with E-state index in [0.717, 1.165) is 28.1 Å². The Kier molecular flexibility index (Phi) is 7.81. The van der Waals surface area contributed by atoms with Gasteiger partial charge in [0.2, 0.25) is 0 Å². The molecule has 0 fully saturated rings. The SMILES string of the molecule is Bc1c(B)c(B)c(-c2ccc3c(-c4ccc(-n5c(-c6ccccc6)nc6ccccc65)cc4)c4ccccc4c(-c4ccccc4)c3c2)c(B)c1B. The van der Waals surface area contributed by atoms with Crippen LogP contribution in [-0.4, -0.2) is 48.8 Å². The minimum absolute atomic E-state index is 0.942. The lowest BCUT2D eigenvalue weighted by molar-refractivity contribution is 1.10. The molecular formula is C45H35B5N2. The molecule has 2 nitrogen and oxygen atoms in total. The minimum Gasteiger partial charge on any atom is -0.292 e. The van der Waals surface area contributed by atoms with E-state index < -0.39 is 0 Å². The maximum Gasteiger partial charge on any atom is 0.145 e. The molecule has 9 aromatic rings. The quantitative estimate of drug-likeness (QED) is 0.205. The summed E-state index contributed by atoms with van der Waals surface area (Å²) < 4.78 is 2.28. The molecule has 0 amide bonds. The molecule has 0 aliphatic heterocycles. The molecule has 0 aliphatic rings. The van der Waals surface area contributed by atoms with Crippen molar-refractivity contribution < 1.29 is 0 Å². The van der Waals surface area contributed by atoms with Gasteiger partial charge in [0.05, 0.1) is 11.0 Å². The molecule has 52 heavy (non-hydrogen) atoms. The predicted octanol–water partition coefficient (Wildman–Crippen LogP) is 3.29. The molecule has 0 atom stereocenters. The molecule has 1 heterocycles. The fourth-order valence-electron chi connectivity index (χ4n) is 8.34. The predicted molar refractivity (Wildman–Crippen MR) is 239 cm³/mol. The third-order valence-electron chi connectivity index (χ3n) is 11.4. The summed E-state index contributed by atoms with van der Waals surface area (Å²) in [5, 5.41) is 5.03. The van der Waals surface area contributed by atoms with Crippen LogP contribution < -0.4 is 27.3 Å². The number of hydrogen-bond acceptors (Lipinski definition) is 1. The van der Waals surface area contributed by atoms with Crippen molar-refractivity contribution in [2.24, 2.45) is 0 Å². The van der Waals surface area contributed by atoms with Gasteiger partial charge in [-0.3, -0.25) is 4.57 Å². The van der Waals surface area contributed by atoms with E-state index in [1.54, 1.807) is 0 Å². The third-order valence-corrected chi connectivity index (χ3v) is 11.4. The second-order valence-corrected chi connectivity index (χ2v) is 14.1. The Morgan fingerprint density at radius 2 is 0.846 bits per heavy atom. The van der Waals surface area contributed by atoms with E-state index in [0.29, 0.717) is 0 Å². The molecule has 0 radical (unpaired) electrons. The Labute approximate surface area is 309 Å². The number of aromatic nitrogens is 2. The summed E-state index contributed by atoms with van der Waals surface area (Å²) in [7, 11) is 11.4. The molecule has 0 saturated carbocycles. The molecule has 9 rings (SSSR count). The van der Waals surface area contributed by atoms with Crippen molar-refractivity contribution in [3.63, 3.8) is 0 Å². The van der Waals surface area contributed by atoms with Crippen molar-refractivity contribution >= 4 is 99.1 Å². The van der Waals surface area contributed by atoms with Crippen LogP contribution in [-0.2, 0) is 0 Å². The van der Waals surface area contributed by atoms with E-state index in [2.05, 4.69) is 195 Å². The highest BCUT2D eigenvalue weighted by Gasteiger charge is 2.20. The first-order chi connectivity index (χ1) is 25.4. The monoisotopic (exact) mass is 658 g/mol. The Balaban J connectivity index is 1.30. The van der Waals surface area contributed by atoms with Gasteiger partial charge >= 0.3 is 0 Å². The van der Waals surface area contributed by atoms with Gasteiger partial charge in [-0.1, -0.05) is 132 Å². The molecule has 0 saturated heterocycles. The minimum atomic E-state index is 0.942. The summed E-state index contributed by atoms with van der Waals surface area (Å²) in [5.74, 6) is 0.942. The van der Waals surface area contributed by atoms with E-state index in [9.17, 15) is 0 Å². The van der Waals surface area contributed by atoms with E-state index in [-0.39, 0.29) is 0 Å². The molecule has 0 N–H and O–H groups in total. The molecule has 1 aromatic heterocycles. The van der Waals surface area contributed by atoms with E-state index in [4.69, 9.17) is 4.98 Å². The van der Waals surface area contributed by atoms with Crippen molar-refractivity contribution in [3.8, 4) is 50.5 Å². The van der Waals surface area contributed by atoms with Crippen LogP contribution in [0.25, 0.3) is 83.0 Å². The zero-order valence-corrected chi connectivity index (χ0v) is 30.3. The molecule has 0 unspecified atom stereocenters. The standard InChI is InChI=1S/C45H35B5N2/c46-40-39(41(47)43(49)44(50)42(40)48)29-21-24-33-34(25-29)38(26-11-3-1-4-12-26)32-16-8-7-15-31(32)37(33)27-19-22-30(23-20-27)52-36-18-10-9-17-35(36)51-45(52)28-13-5-2-6-14-28/h1-25H,46-50H2. The number of fused-ring (bicyclic) bond motifs is 3. The van der Waals surface area contributed by atoms with Crippen molar-refractivity contribution in [1.29, 1.82) is 0 Å². The lowest BCUT2D eigenvalue weighted by Gasteiger charge is -2.22. The maximum absolute atomic E-state index is 5.08. The van der Waals surface area contributed by atoms with Crippen LogP contribution >= 0.6 is 0 Å². The van der Waals surface area contributed by atoms with Gasteiger partial charge in [0.1, 0.15) is 45.1 Å². The van der Waals surface area contributed by atoms with Crippen LogP contribution in [0.2, 0.25) is 0 Å². The van der Waals surface area contributed by atoms with Gasteiger partial charge in [0.25, 0.3) is 0 Å². The van der Waals surface area contributed by atoms with Crippen LogP contribution in [0.1, 0.15) is 0 Å². The summed E-state index contributed by atoms with van der Waals surface area (Å²) in [4.78, 5) is 5.08. The topological polar surface area (TPSA) is 17.8 Å². The molecule has 0 spiro atoms. The highest BCUT2D eigenvalue weighted by atomic mass is 15.1. The van der Waals surface area contributed by atoms with Gasteiger partial charge in [-0.2, -0.15) is 0 Å². The largest absolute Gasteiger partial charge is 0.292 e. The third kappa shape index (κ3) is 5.06. The first kappa shape index (κ1) is 32.0. The Hall–Kier alpha value is -5.93. The van der Waals surface area contributed by atoms with E-state index >= 15 is 0 Å². The fourth-order valence-corrected chi connectivity index (χ4v) is 8.34. The molecule has 7 heteroatoms. The van der Waals surface area contributed by atoms with Gasteiger partial charge in [-0.05, 0) is 85.3 Å². The average Bonchev–Trinajstić information content (AvgIpc) is 3.59. The highest BCUT2D eigenvalue weighted by molar-refractivity contribution is 6.68. The molecule has 0 bridgehead atoms. The average molecular weight is 658 g/mol. The van der Waals surface area contributed by atoms with Crippen molar-refractivity contribution in [1.82, 2.24) is 9.55 Å². The zero-order chi connectivity index (χ0) is 35.5. The van der Waals surface area contributed by atoms with E-state index in [1.165, 1.54) is 82.2 Å². The number of para-hydroxylation sites is 2. The first-order valence-electron chi connectivity index (χ1n) is 18.2. The maximum atomic E-state index is 5.08. The Morgan fingerprint density at radius 3 is 1.50 bits per heavy atom. The van der Waals surface area contributed by atoms with Crippen LogP contribution in [0.3, 0.4) is 0 Å². The summed E-state index contributed by atoms with van der Waals surface area (Å²) in [6.07, 6.45) is 0. The number of benzene rings is 8. The number of rotatable bonds is 5. The summed E-state index contributed by atoms with van der Waals surface area (Å²) in [6, 6.07) is 54.9. The second-order valence-electron chi connectivity index (χ2n) is 14.1. The van der Waals surface area contributed by atoms with Gasteiger partial charge in [0.15, 0.2) is 0 Å². The Bertz CT molecular complexity index is 2800. The molecule has 0 aliphatic carbocycles. The highest BCUT2D eigenvalue weighted by Crippen LogP contribution is 2.45. The van der Waals surface area contributed by atoms with Crippen molar-refractivity contribution in [2.75, 3.05) is 0 Å². The van der Waals surface area contributed by atoms with Crippen LogP contribution in [0.15, 0.2) is 152 Å². The van der Waals surface area contributed by atoms with Crippen LogP contribution in [0.5, 0.6) is 0 Å². The lowest BCUT2D eigenvalue weighted by atomic mass is 9.59. The summed E-state index contributed by atoms with van der Waals surface area (Å²) >= 11 is 0. The molecule has 240 valence electrons. The smallest absolute Gasteiger partial charge is 0.145 e. The normalized spacial score (nSPS) is 11.5. The number of nitrogens with zero attached hydrogens (tertiary/aromatic N) is 2. The zero-order valence-electron chi connectivity index (χ0n) is 30.3.